The van der Waals surface area contributed by atoms with Crippen LogP contribution in [0.1, 0.15) is 33.2 Å². The molecule has 5 rings (SSSR count). The van der Waals surface area contributed by atoms with E-state index in [4.69, 9.17) is 4.74 Å². The van der Waals surface area contributed by atoms with Crippen LogP contribution < -0.4 is 15.1 Å². The second-order valence-corrected chi connectivity index (χ2v) is 9.89. The van der Waals surface area contributed by atoms with Crippen LogP contribution in [0.15, 0.2) is 66.7 Å². The number of nitro benzene ring substituents is 1. The van der Waals surface area contributed by atoms with Crippen LogP contribution in [-0.2, 0) is 11.2 Å². The van der Waals surface area contributed by atoms with Gasteiger partial charge in [0.05, 0.1) is 29.4 Å². The number of morpholine rings is 1. The van der Waals surface area contributed by atoms with Crippen molar-refractivity contribution >= 4 is 34.6 Å². The zero-order chi connectivity index (χ0) is 28.1. The standard InChI is InChI=1S/C30H33N5O5/c1-2-22-3-5-23(6-4-22)30(37)34-15-13-32(14-16-34)25-9-7-24(8-10-25)31-29(36)27-21-26(35(38)39)11-12-28(27)33-17-19-40-20-18-33/h3-12,21H,2,13-20H2,1H3,(H,31,36). The van der Waals surface area contributed by atoms with Gasteiger partial charge in [0.1, 0.15) is 0 Å². The summed E-state index contributed by atoms with van der Waals surface area (Å²) in [5.41, 5.74) is 4.30. The first kappa shape index (κ1) is 27.1. The summed E-state index contributed by atoms with van der Waals surface area (Å²) in [5, 5.41) is 14.3. The third kappa shape index (κ3) is 6.07. The van der Waals surface area contributed by atoms with Crippen LogP contribution in [0, 0.1) is 10.1 Å². The Kier molecular flexibility index (Phi) is 8.26. The van der Waals surface area contributed by atoms with Gasteiger partial charge < -0.3 is 24.8 Å². The summed E-state index contributed by atoms with van der Waals surface area (Å²) in [5.74, 6) is -0.352. The number of aryl methyl sites for hydroxylation is 1. The Morgan fingerprint density at radius 3 is 2.17 bits per heavy atom. The molecule has 0 spiro atoms. The Hall–Kier alpha value is -4.44. The largest absolute Gasteiger partial charge is 0.378 e. The lowest BCUT2D eigenvalue weighted by Gasteiger charge is -2.36. The Labute approximate surface area is 233 Å². The van der Waals surface area contributed by atoms with Crippen molar-refractivity contribution in [2.75, 3.05) is 67.6 Å². The first-order chi connectivity index (χ1) is 19.4. The summed E-state index contributed by atoms with van der Waals surface area (Å²) < 4.78 is 5.41. The predicted molar refractivity (Wildman–Crippen MR) is 154 cm³/mol. The zero-order valence-electron chi connectivity index (χ0n) is 22.5. The smallest absolute Gasteiger partial charge is 0.270 e. The van der Waals surface area contributed by atoms with Gasteiger partial charge in [0, 0.05) is 68.3 Å². The molecule has 2 saturated heterocycles. The van der Waals surface area contributed by atoms with Crippen LogP contribution in [0.2, 0.25) is 0 Å². The molecule has 208 valence electrons. The molecule has 3 aromatic carbocycles. The topological polar surface area (TPSA) is 108 Å². The average molecular weight is 544 g/mol. The molecule has 1 N–H and O–H groups in total. The molecule has 0 saturated carbocycles. The van der Waals surface area contributed by atoms with Crippen LogP contribution in [0.3, 0.4) is 0 Å². The third-order valence-corrected chi connectivity index (χ3v) is 7.45. The van der Waals surface area contributed by atoms with Crippen molar-refractivity contribution in [1.82, 2.24) is 4.90 Å². The van der Waals surface area contributed by atoms with Crippen molar-refractivity contribution in [3.8, 4) is 0 Å². The fraction of sp³-hybridized carbons (Fsp3) is 0.333. The zero-order valence-corrected chi connectivity index (χ0v) is 22.5. The molecule has 0 bridgehead atoms. The Balaban J connectivity index is 1.22. The third-order valence-electron chi connectivity index (χ3n) is 7.45. The highest BCUT2D eigenvalue weighted by Crippen LogP contribution is 2.28. The molecule has 40 heavy (non-hydrogen) atoms. The second kappa shape index (κ2) is 12.2. The van der Waals surface area contributed by atoms with Crippen molar-refractivity contribution in [3.05, 3.63) is 93.5 Å². The number of non-ortho nitro benzene ring substituents is 1. The molecule has 10 nitrogen and oxygen atoms in total. The number of piperazine rings is 1. The lowest BCUT2D eigenvalue weighted by atomic mass is 10.1. The quantitative estimate of drug-likeness (QED) is 0.351. The fourth-order valence-electron chi connectivity index (χ4n) is 5.09. The van der Waals surface area contributed by atoms with E-state index in [1.807, 2.05) is 58.3 Å². The molecule has 0 aromatic heterocycles. The average Bonchev–Trinajstić information content (AvgIpc) is 3.01. The van der Waals surface area contributed by atoms with Gasteiger partial charge in [0.15, 0.2) is 0 Å². The molecular formula is C30H33N5O5. The van der Waals surface area contributed by atoms with Gasteiger partial charge >= 0.3 is 0 Å². The molecule has 0 unspecified atom stereocenters. The summed E-state index contributed by atoms with van der Waals surface area (Å²) in [7, 11) is 0. The maximum Gasteiger partial charge on any atom is 0.270 e. The van der Waals surface area contributed by atoms with Crippen molar-refractivity contribution in [1.29, 1.82) is 0 Å². The van der Waals surface area contributed by atoms with Gasteiger partial charge in [-0.25, -0.2) is 0 Å². The minimum Gasteiger partial charge on any atom is -0.378 e. The summed E-state index contributed by atoms with van der Waals surface area (Å²) in [4.78, 5) is 43.2. The van der Waals surface area contributed by atoms with Gasteiger partial charge in [-0.3, -0.25) is 19.7 Å². The molecule has 0 aliphatic carbocycles. The highest BCUT2D eigenvalue weighted by atomic mass is 16.6. The summed E-state index contributed by atoms with van der Waals surface area (Å²) in [6.45, 7) is 7.06. The highest BCUT2D eigenvalue weighted by molar-refractivity contribution is 6.08. The van der Waals surface area contributed by atoms with E-state index in [2.05, 4.69) is 17.1 Å². The molecule has 2 aliphatic heterocycles. The number of nitro groups is 1. The molecule has 2 heterocycles. The van der Waals surface area contributed by atoms with Crippen molar-refractivity contribution in [3.63, 3.8) is 0 Å². The van der Waals surface area contributed by atoms with E-state index in [-0.39, 0.29) is 17.2 Å². The van der Waals surface area contributed by atoms with Gasteiger partial charge in [-0.05, 0) is 54.4 Å². The normalized spacial score (nSPS) is 15.6. The summed E-state index contributed by atoms with van der Waals surface area (Å²) >= 11 is 0. The van der Waals surface area contributed by atoms with Crippen molar-refractivity contribution in [2.45, 2.75) is 13.3 Å². The molecule has 2 fully saturated rings. The number of carbonyl (C=O) groups excluding carboxylic acids is 2. The van der Waals surface area contributed by atoms with Gasteiger partial charge in [-0.15, -0.1) is 0 Å². The van der Waals surface area contributed by atoms with Crippen LogP contribution in [0.25, 0.3) is 0 Å². The predicted octanol–water partition coefficient (Wildman–Crippen LogP) is 4.21. The molecule has 0 atom stereocenters. The number of hydrogen-bond acceptors (Lipinski definition) is 7. The SMILES string of the molecule is CCc1ccc(C(=O)N2CCN(c3ccc(NC(=O)c4cc([N+](=O)[O-])ccc4N4CCOCC4)cc3)CC2)cc1. The Bertz CT molecular complexity index is 1360. The molecule has 2 amide bonds. The van der Waals surface area contributed by atoms with E-state index in [0.29, 0.717) is 69.4 Å². The Morgan fingerprint density at radius 1 is 0.875 bits per heavy atom. The van der Waals surface area contributed by atoms with Gasteiger partial charge in [-0.1, -0.05) is 19.1 Å². The van der Waals surface area contributed by atoms with E-state index < -0.39 is 10.8 Å². The van der Waals surface area contributed by atoms with E-state index in [1.54, 1.807) is 6.07 Å². The van der Waals surface area contributed by atoms with E-state index in [1.165, 1.54) is 17.7 Å². The van der Waals surface area contributed by atoms with Crippen molar-refractivity contribution < 1.29 is 19.2 Å². The summed E-state index contributed by atoms with van der Waals surface area (Å²) in [6.07, 6.45) is 0.944. The number of benzene rings is 3. The monoisotopic (exact) mass is 543 g/mol. The fourth-order valence-corrected chi connectivity index (χ4v) is 5.09. The minimum atomic E-state index is -0.496. The van der Waals surface area contributed by atoms with E-state index in [9.17, 15) is 19.7 Å². The van der Waals surface area contributed by atoms with Crippen LogP contribution in [0.4, 0.5) is 22.7 Å². The maximum atomic E-state index is 13.3. The number of hydrogen-bond donors (Lipinski definition) is 1. The number of nitrogens with one attached hydrogen (secondary N) is 1. The number of ether oxygens (including phenoxy) is 1. The molecule has 10 heteroatoms. The second-order valence-electron chi connectivity index (χ2n) is 9.89. The molecule has 0 radical (unpaired) electrons. The molecule has 3 aromatic rings. The number of nitrogens with zero attached hydrogens (tertiary/aromatic N) is 4. The highest BCUT2D eigenvalue weighted by Gasteiger charge is 2.24. The number of amides is 2. The first-order valence-corrected chi connectivity index (χ1v) is 13.6. The lowest BCUT2D eigenvalue weighted by molar-refractivity contribution is -0.384. The number of carbonyl (C=O) groups is 2. The van der Waals surface area contributed by atoms with Crippen LogP contribution in [-0.4, -0.2) is 74.1 Å². The van der Waals surface area contributed by atoms with Crippen LogP contribution >= 0.6 is 0 Å². The molecule has 2 aliphatic rings. The first-order valence-electron chi connectivity index (χ1n) is 13.6. The minimum absolute atomic E-state index is 0.0537. The lowest BCUT2D eigenvalue weighted by Crippen LogP contribution is -2.48. The maximum absolute atomic E-state index is 13.3. The number of anilines is 3. The van der Waals surface area contributed by atoms with Gasteiger partial charge in [0.25, 0.3) is 17.5 Å². The Morgan fingerprint density at radius 2 is 1.55 bits per heavy atom. The van der Waals surface area contributed by atoms with E-state index in [0.717, 1.165) is 12.1 Å². The number of rotatable bonds is 7. The van der Waals surface area contributed by atoms with Gasteiger partial charge in [-0.2, -0.15) is 0 Å². The van der Waals surface area contributed by atoms with E-state index >= 15 is 0 Å². The van der Waals surface area contributed by atoms with Gasteiger partial charge in [0.2, 0.25) is 0 Å². The summed E-state index contributed by atoms with van der Waals surface area (Å²) in [6, 6.07) is 19.7. The van der Waals surface area contributed by atoms with Crippen molar-refractivity contribution in [2.24, 2.45) is 0 Å². The molecular weight excluding hydrogens is 510 g/mol. The van der Waals surface area contributed by atoms with Crippen LogP contribution in [0.5, 0.6) is 0 Å².